The third-order valence-corrected chi connectivity index (χ3v) is 5.34. The van der Waals surface area contributed by atoms with Crippen molar-refractivity contribution in [2.45, 2.75) is 43.9 Å². The highest BCUT2D eigenvalue weighted by molar-refractivity contribution is 7.98. The summed E-state index contributed by atoms with van der Waals surface area (Å²) in [6, 6.07) is 6.80. The molecule has 0 heterocycles. The largest absolute Gasteiger partial charge is 0.355 e. The molecule has 1 saturated carbocycles. The molecule has 3 nitrogen and oxygen atoms in total. The summed E-state index contributed by atoms with van der Waals surface area (Å²) >= 11 is 1.62. The van der Waals surface area contributed by atoms with Gasteiger partial charge >= 0.3 is 0 Å². The number of nitrogens with two attached hydrogens (primary N) is 1. The van der Waals surface area contributed by atoms with Crippen molar-refractivity contribution in [2.75, 3.05) is 12.3 Å². The van der Waals surface area contributed by atoms with Crippen LogP contribution in [0.15, 0.2) is 24.3 Å². The molecule has 0 aromatic heterocycles. The van der Waals surface area contributed by atoms with Crippen LogP contribution >= 0.6 is 11.8 Å². The lowest BCUT2D eigenvalue weighted by atomic mass is 9.74. The van der Waals surface area contributed by atoms with E-state index in [4.69, 9.17) is 5.73 Å². The molecule has 122 valence electrons. The lowest BCUT2D eigenvalue weighted by molar-refractivity contribution is -0.127. The van der Waals surface area contributed by atoms with Crippen molar-refractivity contribution in [3.05, 3.63) is 35.6 Å². The van der Waals surface area contributed by atoms with Gasteiger partial charge in [0.2, 0.25) is 5.91 Å². The monoisotopic (exact) mass is 324 g/mol. The molecule has 1 aliphatic carbocycles. The van der Waals surface area contributed by atoms with Crippen LogP contribution in [0.2, 0.25) is 0 Å². The maximum atomic E-state index is 13.5. The number of carbonyl (C=O) groups excluding carboxylic acids is 1. The number of hydrogen-bond acceptors (Lipinski definition) is 3. The number of amides is 1. The summed E-state index contributed by atoms with van der Waals surface area (Å²) in [5.74, 6) is 1.21. The van der Waals surface area contributed by atoms with E-state index < -0.39 is 0 Å². The smallest absolute Gasteiger partial charge is 0.224 e. The van der Waals surface area contributed by atoms with Crippen LogP contribution in [0.4, 0.5) is 4.39 Å². The molecule has 2 rings (SSSR count). The van der Waals surface area contributed by atoms with Gasteiger partial charge in [0, 0.05) is 23.6 Å². The van der Waals surface area contributed by atoms with Gasteiger partial charge in [-0.3, -0.25) is 4.79 Å². The van der Waals surface area contributed by atoms with Crippen LogP contribution in [-0.4, -0.2) is 23.7 Å². The lowest BCUT2D eigenvalue weighted by Gasteiger charge is -2.37. The predicted octanol–water partition coefficient (Wildman–Crippen LogP) is 3.08. The fourth-order valence-electron chi connectivity index (χ4n) is 2.96. The average molecular weight is 324 g/mol. The van der Waals surface area contributed by atoms with Crippen LogP contribution in [0.25, 0.3) is 0 Å². The Kier molecular flexibility index (Phi) is 6.26. The molecule has 1 aliphatic rings. The summed E-state index contributed by atoms with van der Waals surface area (Å²) in [7, 11) is 0. The zero-order valence-corrected chi connectivity index (χ0v) is 13.9. The summed E-state index contributed by atoms with van der Waals surface area (Å²) in [5, 5.41) is 2.98. The number of thioether (sulfide) groups is 1. The average Bonchev–Trinajstić information content (AvgIpc) is 2.48. The molecule has 1 fully saturated rings. The van der Waals surface area contributed by atoms with Gasteiger partial charge in [0.1, 0.15) is 5.82 Å². The van der Waals surface area contributed by atoms with E-state index in [2.05, 4.69) is 5.32 Å². The van der Waals surface area contributed by atoms with Crippen LogP contribution in [0.5, 0.6) is 0 Å². The minimum atomic E-state index is -0.386. The van der Waals surface area contributed by atoms with Gasteiger partial charge in [0.15, 0.2) is 0 Å². The summed E-state index contributed by atoms with van der Waals surface area (Å²) in [6.45, 7) is 2.58. The second-order valence-corrected chi connectivity index (χ2v) is 7.34. The van der Waals surface area contributed by atoms with Gasteiger partial charge in [-0.1, -0.05) is 31.0 Å². The number of nitrogens with one attached hydrogen (secondary N) is 1. The molecule has 0 saturated heterocycles. The first-order valence-corrected chi connectivity index (χ1v) is 9.04. The fourth-order valence-corrected chi connectivity index (χ4v) is 3.80. The SMILES string of the molecule is CC1(N)CCCCC1C(=O)NCCSCc1ccccc1F. The van der Waals surface area contributed by atoms with Gasteiger partial charge in [0.05, 0.1) is 5.92 Å². The van der Waals surface area contributed by atoms with Crippen molar-refractivity contribution >= 4 is 17.7 Å². The van der Waals surface area contributed by atoms with Crippen molar-refractivity contribution in [3.8, 4) is 0 Å². The Balaban J connectivity index is 1.68. The first kappa shape index (κ1) is 17.3. The molecule has 22 heavy (non-hydrogen) atoms. The number of rotatable bonds is 6. The van der Waals surface area contributed by atoms with E-state index in [9.17, 15) is 9.18 Å². The van der Waals surface area contributed by atoms with E-state index in [-0.39, 0.29) is 23.2 Å². The number of carbonyl (C=O) groups is 1. The number of halogens is 1. The van der Waals surface area contributed by atoms with E-state index in [0.29, 0.717) is 17.9 Å². The topological polar surface area (TPSA) is 55.1 Å². The van der Waals surface area contributed by atoms with Crippen molar-refractivity contribution in [2.24, 2.45) is 11.7 Å². The summed E-state index contributed by atoms with van der Waals surface area (Å²) in [6.07, 6.45) is 3.97. The van der Waals surface area contributed by atoms with Crippen molar-refractivity contribution < 1.29 is 9.18 Å². The molecule has 0 spiro atoms. The van der Waals surface area contributed by atoms with E-state index in [0.717, 1.165) is 31.4 Å². The van der Waals surface area contributed by atoms with Crippen LogP contribution in [0.3, 0.4) is 0 Å². The molecule has 2 unspecified atom stereocenters. The maximum absolute atomic E-state index is 13.5. The molecule has 5 heteroatoms. The standard InChI is InChI=1S/C17H25FN2OS/c1-17(19)9-5-4-7-14(17)16(21)20-10-11-22-12-13-6-2-3-8-15(13)18/h2-3,6,8,14H,4-5,7,9-12,19H2,1H3,(H,20,21). The first-order chi connectivity index (χ1) is 10.5. The molecule has 3 N–H and O–H groups in total. The quantitative estimate of drug-likeness (QED) is 0.791. The molecule has 0 bridgehead atoms. The van der Waals surface area contributed by atoms with E-state index in [1.165, 1.54) is 6.07 Å². The Morgan fingerprint density at radius 2 is 2.23 bits per heavy atom. The van der Waals surface area contributed by atoms with Crippen molar-refractivity contribution in [1.82, 2.24) is 5.32 Å². The van der Waals surface area contributed by atoms with Gasteiger partial charge in [-0.05, 0) is 31.4 Å². The third-order valence-electron chi connectivity index (χ3n) is 4.33. The Labute approximate surface area is 136 Å². The summed E-state index contributed by atoms with van der Waals surface area (Å²) in [5.41, 5.74) is 6.56. The highest BCUT2D eigenvalue weighted by Gasteiger charge is 2.37. The minimum absolute atomic E-state index is 0.0659. The molecule has 2 atom stereocenters. The zero-order chi connectivity index (χ0) is 16.0. The zero-order valence-electron chi connectivity index (χ0n) is 13.1. The normalized spacial score (nSPS) is 25.0. The van der Waals surface area contributed by atoms with Gasteiger partial charge in [0.25, 0.3) is 0 Å². The predicted molar refractivity (Wildman–Crippen MR) is 90.1 cm³/mol. The second-order valence-electron chi connectivity index (χ2n) is 6.24. The van der Waals surface area contributed by atoms with E-state index >= 15 is 0 Å². The van der Waals surface area contributed by atoms with Crippen LogP contribution in [0, 0.1) is 11.7 Å². The van der Waals surface area contributed by atoms with Crippen LogP contribution in [0.1, 0.15) is 38.2 Å². The summed E-state index contributed by atoms with van der Waals surface area (Å²) < 4.78 is 13.5. The van der Waals surface area contributed by atoms with Crippen molar-refractivity contribution in [3.63, 3.8) is 0 Å². The molecule has 1 aromatic rings. The molecular weight excluding hydrogens is 299 g/mol. The van der Waals surface area contributed by atoms with Crippen molar-refractivity contribution in [1.29, 1.82) is 0 Å². The molecule has 1 aromatic carbocycles. The second kappa shape index (κ2) is 7.97. The third kappa shape index (κ3) is 4.71. The van der Waals surface area contributed by atoms with Gasteiger partial charge in [-0.25, -0.2) is 4.39 Å². The Hall–Kier alpha value is -1.07. The number of hydrogen-bond donors (Lipinski definition) is 2. The molecule has 0 aliphatic heterocycles. The molecule has 0 radical (unpaired) electrons. The highest BCUT2D eigenvalue weighted by Crippen LogP contribution is 2.31. The lowest BCUT2D eigenvalue weighted by Crippen LogP contribution is -2.53. The maximum Gasteiger partial charge on any atom is 0.224 e. The molecule has 1 amide bonds. The van der Waals surface area contributed by atoms with Crippen LogP contribution < -0.4 is 11.1 Å². The number of benzene rings is 1. The minimum Gasteiger partial charge on any atom is -0.355 e. The van der Waals surface area contributed by atoms with Gasteiger partial charge in [-0.15, -0.1) is 0 Å². The van der Waals surface area contributed by atoms with E-state index in [1.54, 1.807) is 23.9 Å². The Morgan fingerprint density at radius 1 is 1.45 bits per heavy atom. The first-order valence-electron chi connectivity index (χ1n) is 7.88. The van der Waals surface area contributed by atoms with Gasteiger partial charge < -0.3 is 11.1 Å². The Morgan fingerprint density at radius 3 is 2.95 bits per heavy atom. The molecular formula is C17H25FN2OS. The van der Waals surface area contributed by atoms with Crippen LogP contribution in [-0.2, 0) is 10.5 Å². The Bertz CT molecular complexity index is 507. The van der Waals surface area contributed by atoms with Gasteiger partial charge in [-0.2, -0.15) is 11.8 Å². The fraction of sp³-hybridized carbons (Fsp3) is 0.588. The summed E-state index contributed by atoms with van der Waals surface area (Å²) in [4.78, 5) is 12.2. The van der Waals surface area contributed by atoms with E-state index in [1.807, 2.05) is 13.0 Å². The highest BCUT2D eigenvalue weighted by atomic mass is 32.2.